The summed E-state index contributed by atoms with van der Waals surface area (Å²) in [5, 5.41) is 23.3. The van der Waals surface area contributed by atoms with Crippen LogP contribution >= 0.6 is 0 Å². The van der Waals surface area contributed by atoms with Crippen LogP contribution in [0.3, 0.4) is 0 Å². The van der Waals surface area contributed by atoms with Crippen molar-refractivity contribution in [2.24, 2.45) is 0 Å². The molecular formula is C68H135NO5. The summed E-state index contributed by atoms with van der Waals surface area (Å²) in [5.41, 5.74) is 0. The van der Waals surface area contributed by atoms with Crippen LogP contribution in [0.5, 0.6) is 0 Å². The highest BCUT2D eigenvalue weighted by atomic mass is 16.5. The van der Waals surface area contributed by atoms with Crippen molar-refractivity contribution in [3.63, 3.8) is 0 Å². The highest BCUT2D eigenvalue weighted by Gasteiger charge is 2.20. The van der Waals surface area contributed by atoms with Crippen molar-refractivity contribution in [1.29, 1.82) is 0 Å². The maximum absolute atomic E-state index is 12.5. The Hall–Kier alpha value is -1.14. The topological polar surface area (TPSA) is 95.9 Å². The first-order chi connectivity index (χ1) is 36.5. The van der Waals surface area contributed by atoms with E-state index in [0.29, 0.717) is 25.9 Å². The number of carbonyl (C=O) groups excluding carboxylic acids is 2. The van der Waals surface area contributed by atoms with Gasteiger partial charge in [-0.25, -0.2) is 0 Å². The van der Waals surface area contributed by atoms with E-state index in [1.165, 1.54) is 327 Å². The first-order valence-corrected chi connectivity index (χ1v) is 34.3. The number of carbonyl (C=O) groups is 2. The van der Waals surface area contributed by atoms with E-state index in [9.17, 15) is 19.8 Å². The van der Waals surface area contributed by atoms with Crippen molar-refractivity contribution in [3.05, 3.63) is 0 Å². The third-order valence-electron chi connectivity index (χ3n) is 16.4. The van der Waals surface area contributed by atoms with Crippen LogP contribution in [0, 0.1) is 0 Å². The van der Waals surface area contributed by atoms with Gasteiger partial charge in [-0.05, 0) is 25.7 Å². The molecule has 0 aromatic carbocycles. The normalized spacial score (nSPS) is 12.4. The maximum Gasteiger partial charge on any atom is 0.305 e. The van der Waals surface area contributed by atoms with Gasteiger partial charge in [-0.1, -0.05) is 361 Å². The lowest BCUT2D eigenvalue weighted by molar-refractivity contribution is -0.143. The molecule has 0 aliphatic rings. The lowest BCUT2D eigenvalue weighted by Crippen LogP contribution is -2.45. The van der Waals surface area contributed by atoms with Gasteiger partial charge in [0.05, 0.1) is 25.4 Å². The van der Waals surface area contributed by atoms with Gasteiger partial charge in [-0.2, -0.15) is 0 Å². The molecule has 2 unspecified atom stereocenters. The predicted molar refractivity (Wildman–Crippen MR) is 324 cm³/mol. The second-order valence-corrected chi connectivity index (χ2v) is 23.9. The molecule has 2 atom stereocenters. The fraction of sp³-hybridized carbons (Fsp3) is 0.971. The average Bonchev–Trinajstić information content (AvgIpc) is 3.40. The van der Waals surface area contributed by atoms with Gasteiger partial charge in [0.15, 0.2) is 0 Å². The molecule has 0 aromatic heterocycles. The van der Waals surface area contributed by atoms with E-state index in [-0.39, 0.29) is 18.5 Å². The van der Waals surface area contributed by atoms with Crippen molar-refractivity contribution in [1.82, 2.24) is 5.32 Å². The highest BCUT2D eigenvalue weighted by molar-refractivity contribution is 5.76. The summed E-state index contributed by atoms with van der Waals surface area (Å²) in [6.45, 7) is 5.00. The SMILES string of the molecule is CCCCCCCCCCCCCCCCCCCC(=O)OCCCCCCCCCCCCCCCCCCCCCCCCCCCC(=O)NC(CO)C(O)CCCCCCCCCCCCCCCCC. The monoisotopic (exact) mass is 1050 g/mol. The van der Waals surface area contributed by atoms with Crippen LogP contribution in [-0.4, -0.2) is 47.4 Å². The van der Waals surface area contributed by atoms with Crippen LogP contribution in [0.4, 0.5) is 0 Å². The number of amides is 1. The number of hydrogen-bond acceptors (Lipinski definition) is 5. The van der Waals surface area contributed by atoms with Crippen LogP contribution in [-0.2, 0) is 14.3 Å². The smallest absolute Gasteiger partial charge is 0.305 e. The number of ether oxygens (including phenoxy) is 1. The second-order valence-electron chi connectivity index (χ2n) is 23.9. The summed E-state index contributed by atoms with van der Waals surface area (Å²) in [6.07, 6.45) is 77.1. The van der Waals surface area contributed by atoms with E-state index < -0.39 is 12.1 Å². The Kier molecular flexibility index (Phi) is 63.4. The van der Waals surface area contributed by atoms with Crippen molar-refractivity contribution in [2.75, 3.05) is 13.2 Å². The molecular weight excluding hydrogens is 911 g/mol. The zero-order valence-corrected chi connectivity index (χ0v) is 50.6. The van der Waals surface area contributed by atoms with Gasteiger partial charge >= 0.3 is 5.97 Å². The summed E-state index contributed by atoms with van der Waals surface area (Å²) in [5.74, 6) is -0.00795. The van der Waals surface area contributed by atoms with Crippen LogP contribution in [0.2, 0.25) is 0 Å². The highest BCUT2D eigenvalue weighted by Crippen LogP contribution is 2.19. The lowest BCUT2D eigenvalue weighted by Gasteiger charge is -2.22. The lowest BCUT2D eigenvalue weighted by atomic mass is 10.0. The largest absolute Gasteiger partial charge is 0.466 e. The molecule has 442 valence electrons. The number of unbranched alkanes of at least 4 members (excludes halogenated alkanes) is 54. The predicted octanol–water partition coefficient (Wildman–Crippen LogP) is 21.8. The zero-order valence-electron chi connectivity index (χ0n) is 50.6. The minimum Gasteiger partial charge on any atom is -0.466 e. The van der Waals surface area contributed by atoms with Gasteiger partial charge < -0.3 is 20.3 Å². The molecule has 3 N–H and O–H groups in total. The standard InChI is InChI=1S/C68H135NO5/c1-3-5-7-9-11-13-15-17-19-29-34-38-42-46-50-54-58-62-68(73)74-63-59-55-51-47-43-39-35-31-28-26-24-22-20-21-23-25-27-30-33-37-41-45-49-53-57-61-67(72)69-65(64-70)66(71)60-56-52-48-44-40-36-32-18-16-14-12-10-8-6-4-2/h65-66,70-71H,3-64H2,1-2H3,(H,69,72). The molecule has 0 rings (SSSR count). The zero-order chi connectivity index (χ0) is 53.6. The molecule has 6 heteroatoms. The Bertz CT molecular complexity index is 1070. The van der Waals surface area contributed by atoms with Crippen molar-refractivity contribution in [2.45, 2.75) is 411 Å². The Labute approximate surface area is 464 Å². The van der Waals surface area contributed by atoms with Gasteiger partial charge in [-0.15, -0.1) is 0 Å². The molecule has 0 saturated carbocycles. The Morgan fingerprint density at radius 3 is 0.824 bits per heavy atom. The molecule has 0 aliphatic carbocycles. The molecule has 0 bridgehead atoms. The maximum atomic E-state index is 12.5. The fourth-order valence-corrected chi connectivity index (χ4v) is 11.2. The van der Waals surface area contributed by atoms with Gasteiger partial charge in [0.2, 0.25) is 5.91 Å². The number of esters is 1. The molecule has 0 aromatic rings. The molecule has 0 spiro atoms. The van der Waals surface area contributed by atoms with Gasteiger partial charge in [-0.3, -0.25) is 9.59 Å². The average molecular weight is 1050 g/mol. The molecule has 74 heavy (non-hydrogen) atoms. The summed E-state index contributed by atoms with van der Waals surface area (Å²) >= 11 is 0. The van der Waals surface area contributed by atoms with Crippen LogP contribution in [0.15, 0.2) is 0 Å². The van der Waals surface area contributed by atoms with Crippen molar-refractivity contribution in [3.8, 4) is 0 Å². The van der Waals surface area contributed by atoms with E-state index in [2.05, 4.69) is 19.2 Å². The van der Waals surface area contributed by atoms with Crippen LogP contribution in [0.25, 0.3) is 0 Å². The Balaban J connectivity index is 3.33. The van der Waals surface area contributed by atoms with Gasteiger partial charge in [0, 0.05) is 12.8 Å². The van der Waals surface area contributed by atoms with E-state index in [4.69, 9.17) is 4.74 Å². The molecule has 0 heterocycles. The number of aliphatic hydroxyl groups excluding tert-OH is 2. The quantitative estimate of drug-likeness (QED) is 0.0417. The molecule has 1 amide bonds. The van der Waals surface area contributed by atoms with Crippen molar-refractivity contribution >= 4 is 11.9 Å². The van der Waals surface area contributed by atoms with Gasteiger partial charge in [0.25, 0.3) is 0 Å². The second kappa shape index (κ2) is 64.4. The molecule has 0 aliphatic heterocycles. The fourth-order valence-electron chi connectivity index (χ4n) is 11.2. The van der Waals surface area contributed by atoms with Crippen LogP contribution in [0.1, 0.15) is 399 Å². The minimum atomic E-state index is -0.662. The Morgan fingerprint density at radius 1 is 0.324 bits per heavy atom. The summed E-state index contributed by atoms with van der Waals surface area (Å²) in [4.78, 5) is 24.6. The first-order valence-electron chi connectivity index (χ1n) is 34.3. The van der Waals surface area contributed by atoms with E-state index in [0.717, 1.165) is 38.5 Å². The van der Waals surface area contributed by atoms with E-state index in [1.807, 2.05) is 0 Å². The minimum absolute atomic E-state index is 0.0216. The summed E-state index contributed by atoms with van der Waals surface area (Å²) < 4.78 is 5.51. The molecule has 0 radical (unpaired) electrons. The third-order valence-corrected chi connectivity index (χ3v) is 16.4. The molecule has 0 saturated heterocycles. The Morgan fingerprint density at radius 2 is 0.554 bits per heavy atom. The van der Waals surface area contributed by atoms with Gasteiger partial charge in [0.1, 0.15) is 0 Å². The number of aliphatic hydroxyl groups is 2. The number of nitrogens with one attached hydrogen (secondary N) is 1. The third kappa shape index (κ3) is 60.1. The van der Waals surface area contributed by atoms with E-state index in [1.54, 1.807) is 0 Å². The first kappa shape index (κ1) is 72.9. The number of hydrogen-bond donors (Lipinski definition) is 3. The van der Waals surface area contributed by atoms with Crippen molar-refractivity contribution < 1.29 is 24.5 Å². The summed E-state index contributed by atoms with van der Waals surface area (Å²) in [7, 11) is 0. The van der Waals surface area contributed by atoms with E-state index >= 15 is 0 Å². The summed E-state index contributed by atoms with van der Waals surface area (Å²) in [6, 6.07) is -0.539. The number of rotatable bonds is 65. The molecule has 0 fully saturated rings. The van der Waals surface area contributed by atoms with Crippen LogP contribution < -0.4 is 5.32 Å². The molecule has 6 nitrogen and oxygen atoms in total.